The minimum atomic E-state index is -2.55. The average molecular weight is 397 g/mol. The molecular formula is C19H23ClF2N4O. The van der Waals surface area contributed by atoms with Gasteiger partial charge in [0.05, 0.1) is 30.0 Å². The maximum atomic E-state index is 12.3. The summed E-state index contributed by atoms with van der Waals surface area (Å²) in [5, 5.41) is 7.40. The Morgan fingerprint density at radius 3 is 2.81 bits per heavy atom. The number of amides is 1. The molecule has 2 aromatic rings. The molecule has 3 rings (SSSR count). The van der Waals surface area contributed by atoms with E-state index in [1.54, 1.807) is 6.20 Å². The summed E-state index contributed by atoms with van der Waals surface area (Å²) in [4.78, 5) is 14.0. The van der Waals surface area contributed by atoms with Gasteiger partial charge in [0, 0.05) is 24.3 Å². The van der Waals surface area contributed by atoms with Crippen molar-refractivity contribution < 1.29 is 13.6 Å². The fraction of sp³-hybridized carbons (Fsp3) is 0.474. The molecule has 1 amide bonds. The first-order valence-corrected chi connectivity index (χ1v) is 9.21. The predicted octanol–water partition coefficient (Wildman–Crippen LogP) is 3.29. The van der Waals surface area contributed by atoms with Crippen molar-refractivity contribution in [2.45, 2.75) is 33.2 Å². The summed E-state index contributed by atoms with van der Waals surface area (Å²) in [7, 11) is 0. The van der Waals surface area contributed by atoms with Crippen LogP contribution in [0.25, 0.3) is 5.69 Å². The minimum Gasteiger partial charge on any atom is -0.349 e. The summed E-state index contributed by atoms with van der Waals surface area (Å²) < 4.78 is 26.5. The Balaban J connectivity index is 1.84. The molecule has 8 heteroatoms. The summed E-state index contributed by atoms with van der Waals surface area (Å²) >= 11 is 6.34. The topological polar surface area (TPSA) is 50.2 Å². The van der Waals surface area contributed by atoms with Crippen molar-refractivity contribution in [1.29, 1.82) is 0 Å². The van der Waals surface area contributed by atoms with Crippen molar-refractivity contribution in [2.24, 2.45) is 5.41 Å². The molecule has 5 nitrogen and oxygen atoms in total. The molecule has 0 radical (unpaired) electrons. The van der Waals surface area contributed by atoms with E-state index < -0.39 is 18.9 Å². The number of carbonyl (C=O) groups excluding carboxylic acids is 1. The van der Waals surface area contributed by atoms with Gasteiger partial charge in [-0.1, -0.05) is 37.6 Å². The van der Waals surface area contributed by atoms with Gasteiger partial charge in [0.1, 0.15) is 0 Å². The number of rotatable bonds is 5. The van der Waals surface area contributed by atoms with E-state index in [0.29, 0.717) is 18.1 Å². The SMILES string of the molecule is CC1(C)Cc2c(cnn2-c2ccccc2Cl)CN(CC(=O)NCC(F)F)C1. The van der Waals surface area contributed by atoms with Crippen LogP contribution in [0.15, 0.2) is 30.5 Å². The molecule has 0 saturated carbocycles. The van der Waals surface area contributed by atoms with E-state index in [2.05, 4.69) is 24.3 Å². The molecule has 27 heavy (non-hydrogen) atoms. The molecule has 0 fully saturated rings. The van der Waals surface area contributed by atoms with Crippen molar-refractivity contribution in [3.63, 3.8) is 0 Å². The molecule has 0 spiro atoms. The standard InChI is InChI=1S/C19H23ClF2N4O/c1-19(2)7-16-13(8-24-26(16)15-6-4-3-5-14(15)20)10-25(12-19)11-18(27)23-9-17(21)22/h3-6,8,17H,7,9-12H2,1-2H3,(H,23,27). The van der Waals surface area contributed by atoms with Crippen LogP contribution in [0.5, 0.6) is 0 Å². The Morgan fingerprint density at radius 2 is 2.11 bits per heavy atom. The number of aromatic nitrogens is 2. The van der Waals surface area contributed by atoms with Crippen molar-refractivity contribution in [2.75, 3.05) is 19.6 Å². The van der Waals surface area contributed by atoms with Gasteiger partial charge < -0.3 is 5.32 Å². The fourth-order valence-electron chi connectivity index (χ4n) is 3.53. The monoisotopic (exact) mass is 396 g/mol. The Labute approximate surface area is 162 Å². The van der Waals surface area contributed by atoms with Gasteiger partial charge in [-0.3, -0.25) is 9.69 Å². The quantitative estimate of drug-likeness (QED) is 0.843. The molecule has 0 atom stereocenters. The second-order valence-corrected chi connectivity index (χ2v) is 8.07. The van der Waals surface area contributed by atoms with Crippen LogP contribution in [0, 0.1) is 5.41 Å². The van der Waals surface area contributed by atoms with Gasteiger partial charge in [0.2, 0.25) is 5.91 Å². The third kappa shape index (κ3) is 4.84. The first-order valence-electron chi connectivity index (χ1n) is 8.83. The Morgan fingerprint density at radius 1 is 1.37 bits per heavy atom. The maximum absolute atomic E-state index is 12.3. The zero-order chi connectivity index (χ0) is 19.6. The Hall–Kier alpha value is -1.99. The lowest BCUT2D eigenvalue weighted by molar-refractivity contribution is -0.123. The van der Waals surface area contributed by atoms with Crippen LogP contribution in [-0.4, -0.2) is 46.6 Å². The van der Waals surface area contributed by atoms with Crippen LogP contribution in [0.1, 0.15) is 25.1 Å². The highest BCUT2D eigenvalue weighted by atomic mass is 35.5. The molecule has 0 bridgehead atoms. The number of benzene rings is 1. The summed E-state index contributed by atoms with van der Waals surface area (Å²) in [6.07, 6.45) is 0.0160. The molecule has 0 aliphatic carbocycles. The average Bonchev–Trinajstić information content (AvgIpc) is 2.88. The van der Waals surface area contributed by atoms with Gasteiger partial charge in [-0.05, 0) is 24.0 Å². The number of fused-ring (bicyclic) bond motifs is 1. The summed E-state index contributed by atoms with van der Waals surface area (Å²) in [6, 6.07) is 7.53. The number of nitrogens with one attached hydrogen (secondary N) is 1. The highest BCUT2D eigenvalue weighted by molar-refractivity contribution is 6.32. The lowest BCUT2D eigenvalue weighted by atomic mass is 9.87. The molecule has 1 aliphatic rings. The van der Waals surface area contributed by atoms with Gasteiger partial charge in [-0.15, -0.1) is 0 Å². The Bertz CT molecular complexity index is 822. The van der Waals surface area contributed by atoms with Crippen LogP contribution in [-0.2, 0) is 17.8 Å². The number of halogens is 3. The number of alkyl halides is 2. The van der Waals surface area contributed by atoms with Crippen molar-refractivity contribution in [1.82, 2.24) is 20.0 Å². The van der Waals surface area contributed by atoms with E-state index in [9.17, 15) is 13.6 Å². The van der Waals surface area contributed by atoms with E-state index >= 15 is 0 Å². The van der Waals surface area contributed by atoms with Gasteiger partial charge in [-0.25, -0.2) is 13.5 Å². The molecule has 146 valence electrons. The van der Waals surface area contributed by atoms with Crippen molar-refractivity contribution in [3.05, 3.63) is 46.7 Å². The first kappa shape index (κ1) is 19.8. The van der Waals surface area contributed by atoms with Gasteiger partial charge >= 0.3 is 0 Å². The van der Waals surface area contributed by atoms with Crippen molar-refractivity contribution >= 4 is 17.5 Å². The normalized spacial score (nSPS) is 16.8. The number of carbonyl (C=O) groups is 1. The highest BCUT2D eigenvalue weighted by Crippen LogP contribution is 2.32. The summed E-state index contributed by atoms with van der Waals surface area (Å²) in [5.41, 5.74) is 2.78. The smallest absolute Gasteiger partial charge is 0.255 e. The van der Waals surface area contributed by atoms with Crippen LogP contribution in [0.4, 0.5) is 8.78 Å². The lowest BCUT2D eigenvalue weighted by Crippen LogP contribution is -2.41. The van der Waals surface area contributed by atoms with E-state index in [1.807, 2.05) is 33.8 Å². The van der Waals surface area contributed by atoms with Crippen LogP contribution in [0.2, 0.25) is 5.02 Å². The summed E-state index contributed by atoms with van der Waals surface area (Å²) in [5.74, 6) is -0.395. The largest absolute Gasteiger partial charge is 0.349 e. The number of nitrogens with zero attached hydrogens (tertiary/aromatic N) is 3. The van der Waals surface area contributed by atoms with E-state index in [-0.39, 0.29) is 12.0 Å². The lowest BCUT2D eigenvalue weighted by Gasteiger charge is -2.29. The molecular weight excluding hydrogens is 374 g/mol. The number of hydrogen-bond donors (Lipinski definition) is 1. The predicted molar refractivity (Wildman–Crippen MR) is 100 cm³/mol. The number of para-hydroxylation sites is 1. The van der Waals surface area contributed by atoms with Crippen molar-refractivity contribution in [3.8, 4) is 5.69 Å². The summed E-state index contributed by atoms with van der Waals surface area (Å²) in [6.45, 7) is 4.91. The van der Waals surface area contributed by atoms with E-state index in [4.69, 9.17) is 11.6 Å². The van der Waals surface area contributed by atoms with Crippen LogP contribution >= 0.6 is 11.6 Å². The second-order valence-electron chi connectivity index (χ2n) is 7.66. The second kappa shape index (κ2) is 7.94. The number of hydrogen-bond acceptors (Lipinski definition) is 3. The molecule has 1 aromatic heterocycles. The third-order valence-electron chi connectivity index (χ3n) is 4.55. The molecule has 1 N–H and O–H groups in total. The van der Waals surface area contributed by atoms with Gasteiger partial charge in [0.15, 0.2) is 0 Å². The highest BCUT2D eigenvalue weighted by Gasteiger charge is 2.31. The van der Waals surface area contributed by atoms with Crippen LogP contribution < -0.4 is 5.32 Å². The zero-order valence-electron chi connectivity index (χ0n) is 15.4. The molecule has 0 saturated heterocycles. The maximum Gasteiger partial charge on any atom is 0.255 e. The van der Waals surface area contributed by atoms with E-state index in [1.165, 1.54) is 0 Å². The third-order valence-corrected chi connectivity index (χ3v) is 4.87. The van der Waals surface area contributed by atoms with Gasteiger partial charge in [0.25, 0.3) is 6.43 Å². The zero-order valence-corrected chi connectivity index (χ0v) is 16.1. The van der Waals surface area contributed by atoms with Gasteiger partial charge in [-0.2, -0.15) is 5.10 Å². The first-order chi connectivity index (χ1) is 12.7. The molecule has 0 unspecified atom stereocenters. The Kier molecular flexibility index (Phi) is 5.81. The minimum absolute atomic E-state index is 0.0763. The van der Waals surface area contributed by atoms with Crippen LogP contribution in [0.3, 0.4) is 0 Å². The molecule has 1 aliphatic heterocycles. The molecule has 2 heterocycles. The molecule has 1 aromatic carbocycles. The van der Waals surface area contributed by atoms with E-state index in [0.717, 1.165) is 23.4 Å². The fourth-order valence-corrected chi connectivity index (χ4v) is 3.75.